The molecular formula is C12H13BrF2N4. The van der Waals surface area contributed by atoms with Crippen molar-refractivity contribution in [2.75, 3.05) is 18.0 Å². The third-order valence-corrected chi connectivity index (χ3v) is 3.69. The Morgan fingerprint density at radius 2 is 1.89 bits per heavy atom. The first-order valence-corrected chi connectivity index (χ1v) is 6.88. The molecule has 0 saturated carbocycles. The monoisotopic (exact) mass is 330 g/mol. The molecule has 0 unspecified atom stereocenters. The van der Waals surface area contributed by atoms with Gasteiger partial charge in [0.2, 0.25) is 0 Å². The van der Waals surface area contributed by atoms with Gasteiger partial charge in [0, 0.05) is 38.3 Å². The van der Waals surface area contributed by atoms with E-state index in [1.165, 1.54) is 0 Å². The van der Waals surface area contributed by atoms with Crippen molar-refractivity contribution in [1.29, 1.82) is 0 Å². The molecule has 3 rings (SSSR count). The van der Waals surface area contributed by atoms with Crippen LogP contribution in [-0.2, 0) is 0 Å². The van der Waals surface area contributed by atoms with Crippen molar-refractivity contribution in [1.82, 2.24) is 14.4 Å². The highest BCUT2D eigenvalue weighted by Crippen LogP contribution is 2.31. The summed E-state index contributed by atoms with van der Waals surface area (Å²) in [6.45, 7) is 2.51. The van der Waals surface area contributed by atoms with Crippen LogP contribution in [0, 0.1) is 6.92 Å². The van der Waals surface area contributed by atoms with Gasteiger partial charge in [-0.3, -0.25) is 0 Å². The van der Waals surface area contributed by atoms with Crippen LogP contribution in [0.5, 0.6) is 0 Å². The third kappa shape index (κ3) is 2.43. The minimum Gasteiger partial charge on any atom is -0.353 e. The molecule has 0 aliphatic carbocycles. The van der Waals surface area contributed by atoms with E-state index in [9.17, 15) is 8.78 Å². The first kappa shape index (κ1) is 12.8. The predicted molar refractivity (Wildman–Crippen MR) is 71.8 cm³/mol. The van der Waals surface area contributed by atoms with Gasteiger partial charge in [-0.1, -0.05) is 0 Å². The summed E-state index contributed by atoms with van der Waals surface area (Å²) in [5, 5.41) is 0. The van der Waals surface area contributed by atoms with E-state index in [0.717, 1.165) is 5.69 Å². The lowest BCUT2D eigenvalue weighted by Gasteiger charge is -2.32. The van der Waals surface area contributed by atoms with Crippen molar-refractivity contribution in [2.45, 2.75) is 25.7 Å². The Labute approximate surface area is 117 Å². The molecule has 1 aliphatic heterocycles. The van der Waals surface area contributed by atoms with Crippen LogP contribution >= 0.6 is 15.9 Å². The lowest BCUT2D eigenvalue weighted by molar-refractivity contribution is -0.0221. The Kier molecular flexibility index (Phi) is 2.96. The van der Waals surface area contributed by atoms with Gasteiger partial charge in [0.1, 0.15) is 4.60 Å². The molecule has 0 aromatic carbocycles. The normalized spacial score (nSPS) is 19.1. The highest BCUT2D eigenvalue weighted by Gasteiger charge is 2.35. The second kappa shape index (κ2) is 4.40. The maximum absolute atomic E-state index is 13.2. The topological polar surface area (TPSA) is 33.4 Å². The smallest absolute Gasteiger partial charge is 0.251 e. The van der Waals surface area contributed by atoms with Crippen molar-refractivity contribution in [3.05, 3.63) is 22.7 Å². The maximum Gasteiger partial charge on any atom is 0.251 e. The number of halogens is 3. The summed E-state index contributed by atoms with van der Waals surface area (Å²) in [4.78, 5) is 10.7. The number of anilines is 1. The first-order chi connectivity index (χ1) is 8.94. The van der Waals surface area contributed by atoms with Gasteiger partial charge in [0.15, 0.2) is 11.5 Å². The quantitative estimate of drug-likeness (QED) is 0.805. The second-order valence-electron chi connectivity index (χ2n) is 4.84. The summed E-state index contributed by atoms with van der Waals surface area (Å²) in [6, 6.07) is 0. The van der Waals surface area contributed by atoms with Crippen LogP contribution in [0.4, 0.5) is 14.6 Å². The van der Waals surface area contributed by atoms with Gasteiger partial charge in [-0.25, -0.2) is 18.7 Å². The maximum atomic E-state index is 13.2. The molecule has 0 atom stereocenters. The standard InChI is InChI=1S/C12H13BrF2N4/c1-8-6-19-7-9(13)17-11(10(19)16-8)18-4-2-12(14,15)3-5-18/h6-7H,2-5H2,1H3. The van der Waals surface area contributed by atoms with E-state index in [-0.39, 0.29) is 12.8 Å². The largest absolute Gasteiger partial charge is 0.353 e. The first-order valence-electron chi connectivity index (χ1n) is 6.09. The fourth-order valence-electron chi connectivity index (χ4n) is 2.33. The summed E-state index contributed by atoms with van der Waals surface area (Å²) in [6.07, 6.45) is 3.45. The number of fused-ring (bicyclic) bond motifs is 1. The molecule has 0 amide bonds. The van der Waals surface area contributed by atoms with Gasteiger partial charge in [-0.2, -0.15) is 0 Å². The highest BCUT2D eigenvalue weighted by molar-refractivity contribution is 9.10. The average Bonchev–Trinajstić information content (AvgIpc) is 2.68. The summed E-state index contributed by atoms with van der Waals surface area (Å²) in [7, 11) is 0. The SMILES string of the molecule is Cc1cn2cc(Br)nc(N3CCC(F)(F)CC3)c2n1. The molecular weight excluding hydrogens is 318 g/mol. The van der Waals surface area contributed by atoms with Gasteiger partial charge in [0.05, 0.1) is 5.69 Å². The van der Waals surface area contributed by atoms with Crippen LogP contribution in [0.1, 0.15) is 18.5 Å². The Morgan fingerprint density at radius 1 is 1.21 bits per heavy atom. The number of hydrogen-bond acceptors (Lipinski definition) is 3. The Hall–Kier alpha value is -1.24. The number of hydrogen-bond donors (Lipinski definition) is 0. The van der Waals surface area contributed by atoms with Gasteiger partial charge in [-0.05, 0) is 22.9 Å². The fraction of sp³-hybridized carbons (Fsp3) is 0.500. The number of aromatic nitrogens is 3. The zero-order valence-corrected chi connectivity index (χ0v) is 12.0. The Balaban J connectivity index is 2.00. The van der Waals surface area contributed by atoms with E-state index < -0.39 is 5.92 Å². The second-order valence-corrected chi connectivity index (χ2v) is 5.66. The predicted octanol–water partition coefficient (Wildman–Crippen LogP) is 3.04. The molecule has 0 spiro atoms. The van der Waals surface area contributed by atoms with E-state index in [0.29, 0.717) is 29.2 Å². The molecule has 0 radical (unpaired) electrons. The van der Waals surface area contributed by atoms with Crippen LogP contribution in [0.3, 0.4) is 0 Å². The minimum atomic E-state index is -2.55. The molecule has 0 bridgehead atoms. The third-order valence-electron chi connectivity index (χ3n) is 3.31. The number of piperidine rings is 1. The van der Waals surface area contributed by atoms with Crippen molar-refractivity contribution in [3.8, 4) is 0 Å². The van der Waals surface area contributed by atoms with Crippen LogP contribution in [0.15, 0.2) is 17.0 Å². The average molecular weight is 331 g/mol. The minimum absolute atomic E-state index is 0.132. The summed E-state index contributed by atoms with van der Waals surface area (Å²) in [5.41, 5.74) is 1.59. The number of nitrogens with zero attached hydrogens (tertiary/aromatic N) is 4. The van der Waals surface area contributed by atoms with Crippen LogP contribution < -0.4 is 4.90 Å². The van der Waals surface area contributed by atoms with Crippen LogP contribution in [-0.4, -0.2) is 33.4 Å². The molecule has 7 heteroatoms. The van der Waals surface area contributed by atoms with Gasteiger partial charge in [0.25, 0.3) is 5.92 Å². The molecule has 4 nitrogen and oxygen atoms in total. The van der Waals surface area contributed by atoms with E-state index >= 15 is 0 Å². The van der Waals surface area contributed by atoms with Crippen molar-refractivity contribution in [2.24, 2.45) is 0 Å². The van der Waals surface area contributed by atoms with Crippen molar-refractivity contribution < 1.29 is 8.78 Å². The Morgan fingerprint density at radius 3 is 2.58 bits per heavy atom. The van der Waals surface area contributed by atoms with Crippen molar-refractivity contribution >= 4 is 27.4 Å². The number of aryl methyl sites for hydroxylation is 1. The van der Waals surface area contributed by atoms with E-state index in [2.05, 4.69) is 25.9 Å². The molecule has 3 heterocycles. The number of alkyl halides is 2. The fourth-order valence-corrected chi connectivity index (χ4v) is 2.72. The highest BCUT2D eigenvalue weighted by atomic mass is 79.9. The van der Waals surface area contributed by atoms with E-state index in [1.807, 2.05) is 28.6 Å². The lowest BCUT2D eigenvalue weighted by Crippen LogP contribution is -2.40. The zero-order chi connectivity index (χ0) is 13.6. The van der Waals surface area contributed by atoms with Gasteiger partial charge >= 0.3 is 0 Å². The molecule has 2 aromatic rings. The van der Waals surface area contributed by atoms with Gasteiger partial charge in [-0.15, -0.1) is 0 Å². The summed E-state index contributed by atoms with van der Waals surface area (Å²) >= 11 is 3.35. The van der Waals surface area contributed by atoms with Crippen LogP contribution in [0.2, 0.25) is 0 Å². The molecule has 0 N–H and O–H groups in total. The molecule has 102 valence electrons. The zero-order valence-electron chi connectivity index (χ0n) is 10.4. The van der Waals surface area contributed by atoms with Gasteiger partial charge < -0.3 is 9.30 Å². The molecule has 1 aliphatic rings. The van der Waals surface area contributed by atoms with E-state index in [4.69, 9.17) is 0 Å². The lowest BCUT2D eigenvalue weighted by atomic mass is 10.1. The molecule has 1 fully saturated rings. The summed E-state index contributed by atoms with van der Waals surface area (Å²) < 4.78 is 29.0. The molecule has 19 heavy (non-hydrogen) atoms. The van der Waals surface area contributed by atoms with Crippen molar-refractivity contribution in [3.63, 3.8) is 0 Å². The summed E-state index contributed by atoms with van der Waals surface area (Å²) in [5.74, 6) is -1.89. The van der Waals surface area contributed by atoms with Crippen LogP contribution in [0.25, 0.3) is 5.65 Å². The van der Waals surface area contributed by atoms with E-state index in [1.54, 1.807) is 0 Å². The number of imidazole rings is 1. The number of rotatable bonds is 1. The molecule has 2 aromatic heterocycles. The Bertz CT molecular complexity index is 615. The molecule has 1 saturated heterocycles.